The van der Waals surface area contributed by atoms with Gasteiger partial charge in [0.25, 0.3) is 0 Å². The van der Waals surface area contributed by atoms with Gasteiger partial charge in [-0.2, -0.15) is 0 Å². The number of allylic oxidation sites excluding steroid dienone is 2. The molecule has 0 radical (unpaired) electrons. The second-order valence-corrected chi connectivity index (χ2v) is 3.55. The summed E-state index contributed by atoms with van der Waals surface area (Å²) in [6.45, 7) is 19.7. The number of hydrogen-bond donors (Lipinski definition) is 0. The molecule has 1 aromatic rings. The fourth-order valence-corrected chi connectivity index (χ4v) is 1.97. The van der Waals surface area contributed by atoms with Crippen LogP contribution in [-0.2, 0) is 7.05 Å². The molecular formula is C19H31N. The van der Waals surface area contributed by atoms with E-state index in [4.69, 9.17) is 0 Å². The van der Waals surface area contributed by atoms with Crippen molar-refractivity contribution in [1.29, 1.82) is 0 Å². The van der Waals surface area contributed by atoms with Crippen molar-refractivity contribution in [2.24, 2.45) is 7.05 Å². The highest BCUT2D eigenvalue weighted by molar-refractivity contribution is 5.65. The third kappa shape index (κ3) is 4.73. The van der Waals surface area contributed by atoms with E-state index in [9.17, 15) is 0 Å². The molecule has 1 aromatic heterocycles. The first-order valence-electron chi connectivity index (χ1n) is 7.44. The monoisotopic (exact) mass is 273 g/mol. The predicted octanol–water partition coefficient (Wildman–Crippen LogP) is 4.52. The van der Waals surface area contributed by atoms with Crippen LogP contribution in [0.25, 0.3) is 24.3 Å². The van der Waals surface area contributed by atoms with Gasteiger partial charge >= 0.3 is 0 Å². The number of nitrogens with zero attached hydrogens (tertiary/aromatic N) is 1. The molecule has 0 aliphatic rings. The summed E-state index contributed by atoms with van der Waals surface area (Å²) in [4.78, 5) is 0. The minimum Gasteiger partial charge on any atom is -0.344 e. The summed E-state index contributed by atoms with van der Waals surface area (Å²) >= 11 is 0. The Bertz CT molecular complexity index is 539. The fourth-order valence-electron chi connectivity index (χ4n) is 1.97. The minimum atomic E-state index is 1.14. The molecule has 20 heavy (non-hydrogen) atoms. The Labute approximate surface area is 125 Å². The van der Waals surface area contributed by atoms with E-state index in [1.165, 1.54) is 16.1 Å². The van der Waals surface area contributed by atoms with Gasteiger partial charge in [0.15, 0.2) is 0 Å². The van der Waals surface area contributed by atoms with Gasteiger partial charge in [0.05, 0.1) is 0 Å². The molecular weight excluding hydrogens is 242 g/mol. The van der Waals surface area contributed by atoms with Gasteiger partial charge in [0.1, 0.15) is 0 Å². The van der Waals surface area contributed by atoms with E-state index in [2.05, 4.69) is 36.8 Å². The smallest absolute Gasteiger partial charge is 0.0485 e. The van der Waals surface area contributed by atoms with Gasteiger partial charge in [-0.15, -0.1) is 0 Å². The molecule has 0 unspecified atom stereocenters. The third-order valence-corrected chi connectivity index (χ3v) is 2.66. The van der Waals surface area contributed by atoms with Crippen molar-refractivity contribution in [3.63, 3.8) is 0 Å². The Morgan fingerprint density at radius 1 is 1.00 bits per heavy atom. The molecule has 112 valence electrons. The lowest BCUT2D eigenvalue weighted by Gasteiger charge is -1.97. The van der Waals surface area contributed by atoms with Crippen molar-refractivity contribution >= 4 is 24.3 Å². The van der Waals surface area contributed by atoms with Gasteiger partial charge in [-0.25, -0.2) is 0 Å². The van der Waals surface area contributed by atoms with E-state index < -0.39 is 0 Å². The normalized spacial score (nSPS) is 11.6. The van der Waals surface area contributed by atoms with Gasteiger partial charge in [-0.1, -0.05) is 65.2 Å². The molecule has 0 spiro atoms. The maximum atomic E-state index is 3.88. The second kappa shape index (κ2) is 12.3. The highest BCUT2D eigenvalue weighted by Gasteiger charge is 2.05. The van der Waals surface area contributed by atoms with Crippen LogP contribution in [0.1, 0.15) is 52.8 Å². The van der Waals surface area contributed by atoms with Crippen molar-refractivity contribution in [2.45, 2.75) is 41.5 Å². The van der Waals surface area contributed by atoms with Crippen LogP contribution in [0.2, 0.25) is 0 Å². The van der Waals surface area contributed by atoms with Crippen LogP contribution >= 0.6 is 0 Å². The molecule has 1 nitrogen and oxygen atoms in total. The van der Waals surface area contributed by atoms with E-state index in [1.807, 2.05) is 66.0 Å². The topological polar surface area (TPSA) is 4.93 Å². The lowest BCUT2D eigenvalue weighted by Crippen LogP contribution is -2.28. The zero-order valence-corrected chi connectivity index (χ0v) is 14.3. The highest BCUT2D eigenvalue weighted by atomic mass is 14.9. The highest BCUT2D eigenvalue weighted by Crippen LogP contribution is 2.06. The minimum absolute atomic E-state index is 1.14. The largest absolute Gasteiger partial charge is 0.344 e. The molecule has 0 saturated heterocycles. The maximum Gasteiger partial charge on any atom is 0.0485 e. The first-order valence-corrected chi connectivity index (χ1v) is 7.44. The fraction of sp³-hybridized carbons (Fsp3) is 0.368. The van der Waals surface area contributed by atoms with Crippen LogP contribution < -0.4 is 10.6 Å². The number of rotatable bonds is 3. The first kappa shape index (κ1) is 20.6. The first-order chi connectivity index (χ1) is 9.71. The molecule has 0 amide bonds. The molecule has 0 aliphatic heterocycles. The van der Waals surface area contributed by atoms with E-state index in [0.29, 0.717) is 0 Å². The Balaban J connectivity index is 0. The number of aromatic nitrogens is 1. The van der Waals surface area contributed by atoms with Crippen LogP contribution in [-0.4, -0.2) is 4.57 Å². The van der Waals surface area contributed by atoms with Gasteiger partial charge in [0, 0.05) is 28.9 Å². The Hall–Kier alpha value is -1.76. The summed E-state index contributed by atoms with van der Waals surface area (Å²) in [7, 11) is 2.05. The van der Waals surface area contributed by atoms with E-state index in [0.717, 1.165) is 5.69 Å². The lowest BCUT2D eigenvalue weighted by atomic mass is 10.1. The van der Waals surface area contributed by atoms with Gasteiger partial charge in [-0.05, 0) is 26.0 Å². The van der Waals surface area contributed by atoms with Gasteiger partial charge < -0.3 is 4.57 Å². The van der Waals surface area contributed by atoms with Crippen LogP contribution in [0.3, 0.4) is 0 Å². The summed E-state index contributed by atoms with van der Waals surface area (Å²) in [6, 6.07) is 0. The summed E-state index contributed by atoms with van der Waals surface area (Å²) in [5, 5.41) is 2.40. The quantitative estimate of drug-likeness (QED) is 0.763. The van der Waals surface area contributed by atoms with Crippen molar-refractivity contribution in [1.82, 2.24) is 4.57 Å². The molecule has 0 aromatic carbocycles. The molecule has 0 saturated carbocycles. The molecule has 0 atom stereocenters. The van der Waals surface area contributed by atoms with Crippen LogP contribution in [0.5, 0.6) is 0 Å². The number of hydrogen-bond acceptors (Lipinski definition) is 0. The standard InChI is InChI=1S/C15H19N.2C2H6/c1-6-10-13-12(8-3)15(11-7-2)16(5)14(13)9-4;2*1-2/h6-11H,2,4H2,1,3,5H3;2*1-2H3/b10-6-,12-8-,15-11+;;. The second-order valence-electron chi connectivity index (χ2n) is 3.55. The van der Waals surface area contributed by atoms with E-state index in [-0.39, 0.29) is 0 Å². The van der Waals surface area contributed by atoms with Gasteiger partial charge in [0.2, 0.25) is 0 Å². The Morgan fingerprint density at radius 2 is 1.55 bits per heavy atom. The zero-order valence-electron chi connectivity index (χ0n) is 14.3. The summed E-state index contributed by atoms with van der Waals surface area (Å²) in [6.07, 6.45) is 12.0. The van der Waals surface area contributed by atoms with Crippen molar-refractivity contribution < 1.29 is 0 Å². The molecule has 0 aliphatic carbocycles. The summed E-state index contributed by atoms with van der Waals surface area (Å²) < 4.78 is 2.14. The Morgan fingerprint density at radius 3 is 1.90 bits per heavy atom. The average molecular weight is 273 g/mol. The van der Waals surface area contributed by atoms with E-state index >= 15 is 0 Å². The van der Waals surface area contributed by atoms with Crippen LogP contribution in [0, 0.1) is 0 Å². The maximum absolute atomic E-state index is 3.88. The lowest BCUT2D eigenvalue weighted by molar-refractivity contribution is 0.877. The molecule has 1 heterocycles. The third-order valence-electron chi connectivity index (χ3n) is 2.66. The molecule has 1 heteroatoms. The average Bonchev–Trinajstić information content (AvgIpc) is 2.76. The van der Waals surface area contributed by atoms with Crippen molar-refractivity contribution in [3.05, 3.63) is 47.1 Å². The molecule has 0 fully saturated rings. The molecule has 0 N–H and O–H groups in total. The SMILES string of the molecule is C=C/C=c1\c(=C/C)c(/C=C\C)c(C=C)n1C.CC.CC. The summed E-state index contributed by atoms with van der Waals surface area (Å²) in [5.74, 6) is 0. The van der Waals surface area contributed by atoms with Crippen molar-refractivity contribution in [3.8, 4) is 0 Å². The predicted molar refractivity (Wildman–Crippen MR) is 97.0 cm³/mol. The van der Waals surface area contributed by atoms with Crippen molar-refractivity contribution in [2.75, 3.05) is 0 Å². The molecule has 0 bridgehead atoms. The molecule has 1 rings (SSSR count). The van der Waals surface area contributed by atoms with E-state index in [1.54, 1.807) is 0 Å². The van der Waals surface area contributed by atoms with Crippen LogP contribution in [0.15, 0.2) is 25.3 Å². The van der Waals surface area contributed by atoms with Gasteiger partial charge in [-0.3, -0.25) is 0 Å². The zero-order chi connectivity index (χ0) is 16.1. The summed E-state index contributed by atoms with van der Waals surface area (Å²) in [5.41, 5.74) is 2.36. The Kier molecular flexibility index (Phi) is 12.6. The van der Waals surface area contributed by atoms with Crippen LogP contribution in [0.4, 0.5) is 0 Å².